The molecule has 0 spiro atoms. The van der Waals surface area contributed by atoms with Gasteiger partial charge >= 0.3 is 0 Å². The van der Waals surface area contributed by atoms with Gasteiger partial charge in [-0.2, -0.15) is 0 Å². The SMILES string of the molecule is O=C1SC(=CC=Cc2ccccc2)C(=O)N1Cc1cc2c(cc1Cl)OCO2. The molecule has 136 valence electrons. The van der Waals surface area contributed by atoms with Crippen molar-refractivity contribution in [2.24, 2.45) is 0 Å². The summed E-state index contributed by atoms with van der Waals surface area (Å²) in [5.74, 6) is 0.781. The zero-order valence-electron chi connectivity index (χ0n) is 14.1. The summed E-state index contributed by atoms with van der Waals surface area (Å²) in [6.07, 6.45) is 5.29. The van der Waals surface area contributed by atoms with Crippen molar-refractivity contribution >= 4 is 40.6 Å². The minimum atomic E-state index is -0.337. The number of halogens is 1. The zero-order valence-corrected chi connectivity index (χ0v) is 15.6. The number of ether oxygens (including phenoxy) is 2. The fourth-order valence-electron chi connectivity index (χ4n) is 2.71. The highest BCUT2D eigenvalue weighted by atomic mass is 35.5. The molecule has 0 bridgehead atoms. The van der Waals surface area contributed by atoms with Gasteiger partial charge in [0, 0.05) is 11.1 Å². The van der Waals surface area contributed by atoms with E-state index < -0.39 is 0 Å². The number of fused-ring (bicyclic) bond motifs is 1. The molecule has 0 saturated carbocycles. The van der Waals surface area contributed by atoms with Gasteiger partial charge in [0.05, 0.1) is 11.4 Å². The number of benzene rings is 2. The average molecular weight is 400 g/mol. The molecular formula is C20H14ClNO4S. The molecule has 0 unspecified atom stereocenters. The van der Waals surface area contributed by atoms with Gasteiger partial charge < -0.3 is 9.47 Å². The maximum absolute atomic E-state index is 12.6. The van der Waals surface area contributed by atoms with Crippen LogP contribution in [0.25, 0.3) is 6.08 Å². The zero-order chi connectivity index (χ0) is 18.8. The highest BCUT2D eigenvalue weighted by molar-refractivity contribution is 8.18. The van der Waals surface area contributed by atoms with E-state index >= 15 is 0 Å². The maximum atomic E-state index is 12.6. The highest BCUT2D eigenvalue weighted by Gasteiger charge is 2.35. The van der Waals surface area contributed by atoms with Crippen molar-refractivity contribution in [2.45, 2.75) is 6.54 Å². The van der Waals surface area contributed by atoms with Crippen LogP contribution < -0.4 is 9.47 Å². The summed E-state index contributed by atoms with van der Waals surface area (Å²) in [5, 5.41) is 0.0966. The van der Waals surface area contributed by atoms with Crippen LogP contribution in [0.15, 0.2) is 59.5 Å². The monoisotopic (exact) mass is 399 g/mol. The molecule has 2 aromatic rings. The fourth-order valence-corrected chi connectivity index (χ4v) is 3.72. The Kier molecular flexibility index (Phi) is 4.92. The Morgan fingerprint density at radius 2 is 1.85 bits per heavy atom. The van der Waals surface area contributed by atoms with E-state index in [1.165, 1.54) is 4.90 Å². The summed E-state index contributed by atoms with van der Waals surface area (Å²) in [7, 11) is 0. The molecular weight excluding hydrogens is 386 g/mol. The molecule has 2 amide bonds. The van der Waals surface area contributed by atoms with E-state index in [0.717, 1.165) is 17.3 Å². The summed E-state index contributed by atoms with van der Waals surface area (Å²) < 4.78 is 10.6. The highest BCUT2D eigenvalue weighted by Crippen LogP contribution is 2.39. The van der Waals surface area contributed by atoms with E-state index in [4.69, 9.17) is 21.1 Å². The van der Waals surface area contributed by atoms with E-state index in [1.807, 2.05) is 36.4 Å². The van der Waals surface area contributed by atoms with Crippen LogP contribution in [0.1, 0.15) is 11.1 Å². The Hall–Kier alpha value is -2.70. The number of allylic oxidation sites excluding steroid dienone is 2. The van der Waals surface area contributed by atoms with Gasteiger partial charge in [-0.1, -0.05) is 54.1 Å². The number of nitrogens with zero attached hydrogens (tertiary/aromatic N) is 1. The van der Waals surface area contributed by atoms with Crippen molar-refractivity contribution in [1.82, 2.24) is 4.90 Å². The Labute approximate surface area is 165 Å². The van der Waals surface area contributed by atoms with Gasteiger partial charge in [-0.25, -0.2) is 0 Å². The summed E-state index contributed by atoms with van der Waals surface area (Å²) in [6.45, 7) is 0.215. The summed E-state index contributed by atoms with van der Waals surface area (Å²) in [5.41, 5.74) is 1.64. The summed E-state index contributed by atoms with van der Waals surface area (Å²) in [6, 6.07) is 13.0. The molecule has 0 aliphatic carbocycles. The standard InChI is InChI=1S/C20H14ClNO4S/c21-15-10-17-16(25-12-26-17)9-14(15)11-22-19(23)18(27-20(22)24)8-4-7-13-5-2-1-3-6-13/h1-10H,11-12H2. The quantitative estimate of drug-likeness (QED) is 0.687. The number of hydrogen-bond donors (Lipinski definition) is 0. The van der Waals surface area contributed by atoms with Gasteiger partial charge in [0.2, 0.25) is 6.79 Å². The van der Waals surface area contributed by atoms with E-state index in [2.05, 4.69) is 0 Å². The summed E-state index contributed by atoms with van der Waals surface area (Å²) >= 11 is 7.17. The van der Waals surface area contributed by atoms with E-state index in [9.17, 15) is 9.59 Å². The Morgan fingerprint density at radius 3 is 2.63 bits per heavy atom. The average Bonchev–Trinajstić information content (AvgIpc) is 3.22. The second kappa shape index (κ2) is 7.50. The first-order chi connectivity index (χ1) is 13.1. The minimum Gasteiger partial charge on any atom is -0.454 e. The molecule has 2 heterocycles. The molecule has 27 heavy (non-hydrogen) atoms. The van der Waals surface area contributed by atoms with Crippen LogP contribution in [0.3, 0.4) is 0 Å². The van der Waals surface area contributed by atoms with Gasteiger partial charge in [-0.05, 0) is 35.0 Å². The normalized spacial score (nSPS) is 17.5. The number of hydrogen-bond acceptors (Lipinski definition) is 5. The van der Waals surface area contributed by atoms with Crippen LogP contribution in [0.4, 0.5) is 4.79 Å². The molecule has 0 aromatic heterocycles. The van der Waals surface area contributed by atoms with E-state index in [1.54, 1.807) is 24.3 Å². The maximum Gasteiger partial charge on any atom is 0.293 e. The van der Waals surface area contributed by atoms with Gasteiger partial charge in [0.25, 0.3) is 11.1 Å². The number of carbonyl (C=O) groups is 2. The predicted octanol–water partition coefficient (Wildman–Crippen LogP) is 4.86. The van der Waals surface area contributed by atoms with E-state index in [0.29, 0.717) is 27.0 Å². The van der Waals surface area contributed by atoms with E-state index in [-0.39, 0.29) is 24.5 Å². The van der Waals surface area contributed by atoms with Crippen molar-refractivity contribution in [1.29, 1.82) is 0 Å². The fraction of sp³-hybridized carbons (Fsp3) is 0.100. The number of imide groups is 1. The van der Waals surface area contributed by atoms with Crippen LogP contribution >= 0.6 is 23.4 Å². The molecule has 0 N–H and O–H groups in total. The molecule has 1 fully saturated rings. The van der Waals surface area contributed by atoms with Crippen LogP contribution in [0, 0.1) is 0 Å². The third-order valence-corrected chi connectivity index (χ3v) is 5.36. The molecule has 0 atom stereocenters. The third kappa shape index (κ3) is 3.72. The predicted molar refractivity (Wildman–Crippen MR) is 105 cm³/mol. The first-order valence-corrected chi connectivity index (χ1v) is 9.36. The lowest BCUT2D eigenvalue weighted by molar-refractivity contribution is -0.123. The molecule has 0 radical (unpaired) electrons. The largest absolute Gasteiger partial charge is 0.454 e. The molecule has 5 nitrogen and oxygen atoms in total. The smallest absolute Gasteiger partial charge is 0.293 e. The molecule has 1 saturated heterocycles. The van der Waals surface area contributed by atoms with Gasteiger partial charge in [-0.3, -0.25) is 14.5 Å². The Bertz CT molecular complexity index is 971. The summed E-state index contributed by atoms with van der Waals surface area (Å²) in [4.78, 5) is 26.4. The molecule has 2 aliphatic rings. The van der Waals surface area contributed by atoms with Crippen molar-refractivity contribution in [3.05, 3.63) is 75.7 Å². The molecule has 7 heteroatoms. The lowest BCUT2D eigenvalue weighted by Gasteiger charge is -2.14. The molecule has 2 aromatic carbocycles. The van der Waals surface area contributed by atoms with Crippen LogP contribution in [0.2, 0.25) is 5.02 Å². The van der Waals surface area contributed by atoms with Crippen LogP contribution in [0.5, 0.6) is 11.5 Å². The minimum absolute atomic E-state index is 0.0832. The third-order valence-electron chi connectivity index (χ3n) is 4.08. The van der Waals surface area contributed by atoms with Crippen molar-refractivity contribution < 1.29 is 19.1 Å². The Morgan fingerprint density at radius 1 is 1.11 bits per heavy atom. The van der Waals surface area contributed by atoms with Gasteiger partial charge in [0.1, 0.15) is 0 Å². The number of rotatable bonds is 4. The topological polar surface area (TPSA) is 55.8 Å². The van der Waals surface area contributed by atoms with Gasteiger partial charge in [-0.15, -0.1) is 0 Å². The first-order valence-electron chi connectivity index (χ1n) is 8.17. The first kappa shape index (κ1) is 17.7. The van der Waals surface area contributed by atoms with Crippen LogP contribution in [-0.2, 0) is 11.3 Å². The second-order valence-corrected chi connectivity index (χ2v) is 7.26. The molecule has 2 aliphatic heterocycles. The number of thioether (sulfide) groups is 1. The van der Waals surface area contributed by atoms with Crippen molar-refractivity contribution in [2.75, 3.05) is 6.79 Å². The second-order valence-electron chi connectivity index (χ2n) is 5.86. The molecule has 4 rings (SSSR count). The number of carbonyl (C=O) groups excluding carboxylic acids is 2. The Balaban J connectivity index is 1.50. The van der Waals surface area contributed by atoms with Crippen molar-refractivity contribution in [3.63, 3.8) is 0 Å². The van der Waals surface area contributed by atoms with Crippen LogP contribution in [-0.4, -0.2) is 22.8 Å². The number of amides is 2. The van der Waals surface area contributed by atoms with Crippen molar-refractivity contribution in [3.8, 4) is 11.5 Å². The lowest BCUT2D eigenvalue weighted by atomic mass is 10.2. The van der Waals surface area contributed by atoms with Gasteiger partial charge in [0.15, 0.2) is 11.5 Å². The lowest BCUT2D eigenvalue weighted by Crippen LogP contribution is -2.27.